The molecule has 3 nitrogen and oxygen atoms in total. The first kappa shape index (κ1) is 10.5. The minimum Gasteiger partial charge on any atom is -0.481 e. The molecule has 0 amide bonds. The van der Waals surface area contributed by atoms with Crippen LogP contribution in [0.25, 0.3) is 0 Å². The van der Waals surface area contributed by atoms with Crippen LogP contribution in [0.15, 0.2) is 0 Å². The summed E-state index contributed by atoms with van der Waals surface area (Å²) in [5, 5.41) is 8.83. The molecule has 1 rings (SSSR count). The van der Waals surface area contributed by atoms with Crippen LogP contribution >= 0.6 is 0 Å². The van der Waals surface area contributed by atoms with Crippen LogP contribution < -0.4 is 0 Å². The Morgan fingerprint density at radius 3 is 2.69 bits per heavy atom. The van der Waals surface area contributed by atoms with Crippen LogP contribution in [0.1, 0.15) is 39.5 Å². The zero-order valence-electron chi connectivity index (χ0n) is 8.32. The van der Waals surface area contributed by atoms with E-state index in [1.807, 2.05) is 13.8 Å². The third-order valence-electron chi connectivity index (χ3n) is 2.44. The van der Waals surface area contributed by atoms with Gasteiger partial charge in [-0.05, 0) is 33.1 Å². The van der Waals surface area contributed by atoms with Gasteiger partial charge in [-0.1, -0.05) is 6.42 Å². The number of carbonyl (C=O) groups is 1. The Labute approximate surface area is 79.1 Å². The fourth-order valence-corrected chi connectivity index (χ4v) is 1.88. The van der Waals surface area contributed by atoms with Crippen molar-refractivity contribution >= 4 is 5.97 Å². The first-order valence-electron chi connectivity index (χ1n) is 4.98. The summed E-state index contributed by atoms with van der Waals surface area (Å²) < 4.78 is 5.61. The molecule has 0 bridgehead atoms. The molecule has 13 heavy (non-hydrogen) atoms. The molecule has 0 aromatic rings. The van der Waals surface area contributed by atoms with E-state index in [2.05, 4.69) is 0 Å². The second-order valence-corrected chi connectivity index (χ2v) is 4.01. The fourth-order valence-electron chi connectivity index (χ4n) is 1.88. The molecule has 1 N–H and O–H groups in total. The molecule has 0 aromatic carbocycles. The Balaban J connectivity index is 2.37. The molecule has 0 aromatic heterocycles. The molecule has 2 unspecified atom stereocenters. The van der Waals surface area contributed by atoms with Gasteiger partial charge in [-0.2, -0.15) is 0 Å². The van der Waals surface area contributed by atoms with E-state index in [4.69, 9.17) is 9.84 Å². The molecular formula is C10H18O3. The summed E-state index contributed by atoms with van der Waals surface area (Å²) in [4.78, 5) is 10.7. The molecule has 1 fully saturated rings. The van der Waals surface area contributed by atoms with Crippen molar-refractivity contribution in [2.24, 2.45) is 5.92 Å². The number of carboxylic acid groups (broad SMARTS) is 1. The predicted octanol–water partition coefficient (Wildman–Crippen LogP) is 2.05. The average molecular weight is 186 g/mol. The number of carboxylic acids is 1. The molecule has 1 aliphatic rings. The van der Waals surface area contributed by atoms with E-state index in [-0.39, 0.29) is 18.1 Å². The maximum Gasteiger partial charge on any atom is 0.306 e. The molecular weight excluding hydrogens is 168 g/mol. The molecule has 3 heteroatoms. The largest absolute Gasteiger partial charge is 0.481 e. The highest BCUT2D eigenvalue weighted by Crippen LogP contribution is 2.27. The normalized spacial score (nSPS) is 29.2. The van der Waals surface area contributed by atoms with E-state index in [0.717, 1.165) is 19.3 Å². The number of hydrogen-bond acceptors (Lipinski definition) is 2. The van der Waals surface area contributed by atoms with Gasteiger partial charge in [-0.3, -0.25) is 4.79 Å². The summed E-state index contributed by atoms with van der Waals surface area (Å²) >= 11 is 0. The summed E-state index contributed by atoms with van der Waals surface area (Å²) in [5.74, 6) is -0.852. The topological polar surface area (TPSA) is 46.5 Å². The lowest BCUT2D eigenvalue weighted by Gasteiger charge is -2.28. The van der Waals surface area contributed by atoms with Crippen LogP contribution in [0.4, 0.5) is 0 Å². The van der Waals surface area contributed by atoms with Gasteiger partial charge in [0, 0.05) is 0 Å². The van der Waals surface area contributed by atoms with Gasteiger partial charge in [0.15, 0.2) is 0 Å². The first-order chi connectivity index (χ1) is 6.09. The molecule has 2 atom stereocenters. The lowest BCUT2D eigenvalue weighted by Crippen LogP contribution is -2.29. The quantitative estimate of drug-likeness (QED) is 0.733. The van der Waals surface area contributed by atoms with Gasteiger partial charge in [0.25, 0.3) is 0 Å². The fraction of sp³-hybridized carbons (Fsp3) is 0.900. The molecule has 1 saturated carbocycles. The third-order valence-corrected chi connectivity index (χ3v) is 2.44. The number of ether oxygens (including phenoxy) is 1. The van der Waals surface area contributed by atoms with Crippen LogP contribution in [-0.2, 0) is 9.53 Å². The molecule has 0 spiro atoms. The van der Waals surface area contributed by atoms with E-state index in [9.17, 15) is 4.79 Å². The third kappa shape index (κ3) is 3.35. The smallest absolute Gasteiger partial charge is 0.306 e. The number of hydrogen-bond donors (Lipinski definition) is 1. The van der Waals surface area contributed by atoms with Crippen molar-refractivity contribution in [2.45, 2.75) is 51.7 Å². The number of rotatable bonds is 3. The van der Waals surface area contributed by atoms with Crippen LogP contribution in [0.5, 0.6) is 0 Å². The van der Waals surface area contributed by atoms with Crippen LogP contribution in [0.3, 0.4) is 0 Å². The van der Waals surface area contributed by atoms with Crippen molar-refractivity contribution < 1.29 is 14.6 Å². The summed E-state index contributed by atoms with van der Waals surface area (Å²) in [5.41, 5.74) is 0. The van der Waals surface area contributed by atoms with Gasteiger partial charge in [0.1, 0.15) is 0 Å². The zero-order chi connectivity index (χ0) is 9.84. The van der Waals surface area contributed by atoms with Crippen molar-refractivity contribution in [3.05, 3.63) is 0 Å². The van der Waals surface area contributed by atoms with Crippen LogP contribution in [0.2, 0.25) is 0 Å². The Morgan fingerprint density at radius 1 is 1.46 bits per heavy atom. The van der Waals surface area contributed by atoms with E-state index >= 15 is 0 Å². The minimum absolute atomic E-state index is 0.162. The Kier molecular flexibility index (Phi) is 3.72. The predicted molar refractivity (Wildman–Crippen MR) is 49.6 cm³/mol. The summed E-state index contributed by atoms with van der Waals surface area (Å²) in [6.07, 6.45) is 3.87. The Morgan fingerprint density at radius 2 is 2.15 bits per heavy atom. The van der Waals surface area contributed by atoms with Crippen molar-refractivity contribution in [1.82, 2.24) is 0 Å². The SMILES string of the molecule is CC(C)OC1CCCC(C(=O)O)C1. The van der Waals surface area contributed by atoms with Gasteiger partial charge < -0.3 is 9.84 Å². The molecule has 76 valence electrons. The second-order valence-electron chi connectivity index (χ2n) is 4.01. The lowest BCUT2D eigenvalue weighted by atomic mass is 9.87. The van der Waals surface area contributed by atoms with E-state index in [1.165, 1.54) is 0 Å². The maximum absolute atomic E-state index is 10.7. The molecule has 0 aliphatic heterocycles. The van der Waals surface area contributed by atoms with Gasteiger partial charge in [0.05, 0.1) is 18.1 Å². The van der Waals surface area contributed by atoms with Crippen molar-refractivity contribution in [1.29, 1.82) is 0 Å². The number of aliphatic carboxylic acids is 1. The molecule has 0 saturated heterocycles. The van der Waals surface area contributed by atoms with E-state index in [0.29, 0.717) is 6.42 Å². The minimum atomic E-state index is -0.669. The Hall–Kier alpha value is -0.570. The Bertz CT molecular complexity index is 177. The van der Waals surface area contributed by atoms with Gasteiger partial charge in [0.2, 0.25) is 0 Å². The summed E-state index contributed by atoms with van der Waals surface area (Å²) in [6.45, 7) is 3.98. The highest BCUT2D eigenvalue weighted by atomic mass is 16.5. The zero-order valence-corrected chi connectivity index (χ0v) is 8.32. The van der Waals surface area contributed by atoms with E-state index < -0.39 is 5.97 Å². The standard InChI is InChI=1S/C10H18O3/c1-7(2)13-9-5-3-4-8(6-9)10(11)12/h7-9H,3-6H2,1-2H3,(H,11,12). The highest BCUT2D eigenvalue weighted by Gasteiger charge is 2.27. The molecule has 1 aliphatic carbocycles. The highest BCUT2D eigenvalue weighted by molar-refractivity contribution is 5.70. The summed E-state index contributed by atoms with van der Waals surface area (Å²) in [7, 11) is 0. The van der Waals surface area contributed by atoms with Crippen LogP contribution in [0, 0.1) is 5.92 Å². The lowest BCUT2D eigenvalue weighted by molar-refractivity contribution is -0.145. The molecule has 0 heterocycles. The van der Waals surface area contributed by atoms with Crippen molar-refractivity contribution in [3.8, 4) is 0 Å². The van der Waals surface area contributed by atoms with Gasteiger partial charge in [-0.25, -0.2) is 0 Å². The molecule has 0 radical (unpaired) electrons. The second kappa shape index (κ2) is 4.61. The van der Waals surface area contributed by atoms with Crippen molar-refractivity contribution in [3.63, 3.8) is 0 Å². The average Bonchev–Trinajstić information content (AvgIpc) is 2.03. The van der Waals surface area contributed by atoms with Gasteiger partial charge >= 0.3 is 5.97 Å². The van der Waals surface area contributed by atoms with Crippen molar-refractivity contribution in [2.75, 3.05) is 0 Å². The summed E-state index contributed by atoms with van der Waals surface area (Å²) in [6, 6.07) is 0. The monoisotopic (exact) mass is 186 g/mol. The van der Waals surface area contributed by atoms with Crippen LogP contribution in [-0.4, -0.2) is 23.3 Å². The van der Waals surface area contributed by atoms with E-state index in [1.54, 1.807) is 0 Å². The first-order valence-corrected chi connectivity index (χ1v) is 4.98. The maximum atomic E-state index is 10.7. The van der Waals surface area contributed by atoms with Gasteiger partial charge in [-0.15, -0.1) is 0 Å².